The molecule has 0 saturated heterocycles. The highest BCUT2D eigenvalue weighted by Gasteiger charge is 2.30. The van der Waals surface area contributed by atoms with Crippen LogP contribution in [0.1, 0.15) is 46.5 Å². The van der Waals surface area contributed by atoms with Crippen molar-refractivity contribution in [1.82, 2.24) is 14.9 Å². The molecule has 1 fully saturated rings. The summed E-state index contributed by atoms with van der Waals surface area (Å²) in [6.45, 7) is 5.61. The van der Waals surface area contributed by atoms with Crippen LogP contribution in [-0.4, -0.2) is 35.9 Å². The van der Waals surface area contributed by atoms with Crippen molar-refractivity contribution in [3.63, 3.8) is 0 Å². The van der Waals surface area contributed by atoms with Crippen LogP contribution in [0, 0.1) is 5.92 Å². The Kier molecular flexibility index (Phi) is 6.31. The zero-order valence-corrected chi connectivity index (χ0v) is 18.0. The fourth-order valence-corrected chi connectivity index (χ4v) is 4.27. The van der Waals surface area contributed by atoms with E-state index < -0.39 is 14.8 Å². The molecule has 0 unspecified atom stereocenters. The standard InChI is InChI=1S/C19H27ClN4O3S/c1-19(2,3)28(25,26)21-12-13-8-10-14(11-9-13)22-18-23-17(24-27-18)15-6-4-5-7-16(15)20/h4-7,13-14,21H,8-12H2,1-3H3,(H,22,23,24). The van der Waals surface area contributed by atoms with E-state index in [1.165, 1.54) is 0 Å². The minimum Gasteiger partial charge on any atom is -0.335 e. The first kappa shape index (κ1) is 21.1. The predicted octanol–water partition coefficient (Wildman–Crippen LogP) is 4.08. The largest absolute Gasteiger partial charge is 0.335 e. The maximum atomic E-state index is 12.2. The molecule has 1 saturated carbocycles. The summed E-state index contributed by atoms with van der Waals surface area (Å²) in [7, 11) is -3.30. The number of anilines is 1. The van der Waals surface area contributed by atoms with Crippen LogP contribution in [0.3, 0.4) is 0 Å². The number of rotatable bonds is 6. The first-order chi connectivity index (χ1) is 13.2. The molecule has 0 atom stereocenters. The van der Waals surface area contributed by atoms with Gasteiger partial charge in [0.25, 0.3) is 0 Å². The average molecular weight is 427 g/mol. The number of sulfonamides is 1. The topological polar surface area (TPSA) is 97.1 Å². The Hall–Kier alpha value is -1.64. The number of halogens is 1. The molecular weight excluding hydrogens is 400 g/mol. The third-order valence-electron chi connectivity index (χ3n) is 5.08. The zero-order chi connectivity index (χ0) is 20.4. The van der Waals surface area contributed by atoms with Gasteiger partial charge in [0.15, 0.2) is 0 Å². The van der Waals surface area contributed by atoms with Crippen LogP contribution < -0.4 is 10.0 Å². The summed E-state index contributed by atoms with van der Waals surface area (Å²) >= 11 is 6.17. The van der Waals surface area contributed by atoms with E-state index in [-0.39, 0.29) is 6.04 Å². The van der Waals surface area contributed by atoms with Crippen LogP contribution in [0.15, 0.2) is 28.8 Å². The fourth-order valence-electron chi connectivity index (χ4n) is 3.16. The molecule has 28 heavy (non-hydrogen) atoms. The van der Waals surface area contributed by atoms with Gasteiger partial charge in [-0.1, -0.05) is 28.9 Å². The third kappa shape index (κ3) is 5.04. The van der Waals surface area contributed by atoms with Gasteiger partial charge >= 0.3 is 6.01 Å². The molecule has 1 heterocycles. The number of hydrogen-bond acceptors (Lipinski definition) is 6. The second-order valence-corrected chi connectivity index (χ2v) is 11.2. The summed E-state index contributed by atoms with van der Waals surface area (Å²) in [6, 6.07) is 7.98. The van der Waals surface area contributed by atoms with E-state index in [1.807, 2.05) is 18.2 Å². The van der Waals surface area contributed by atoms with E-state index >= 15 is 0 Å². The molecular formula is C19H27ClN4O3S. The van der Waals surface area contributed by atoms with Gasteiger partial charge < -0.3 is 9.84 Å². The molecule has 1 aliphatic carbocycles. The number of benzene rings is 1. The van der Waals surface area contributed by atoms with Crippen molar-refractivity contribution in [2.75, 3.05) is 11.9 Å². The van der Waals surface area contributed by atoms with Crippen LogP contribution >= 0.6 is 11.6 Å². The first-order valence-electron chi connectivity index (χ1n) is 9.50. The SMILES string of the molecule is CC(C)(C)S(=O)(=O)NCC1CCC(Nc2nc(-c3ccccc3Cl)no2)CC1. The number of hydrogen-bond donors (Lipinski definition) is 2. The summed E-state index contributed by atoms with van der Waals surface area (Å²) < 4.78 is 31.6. The molecule has 2 N–H and O–H groups in total. The Balaban J connectivity index is 1.50. The van der Waals surface area contributed by atoms with Crippen molar-refractivity contribution in [1.29, 1.82) is 0 Å². The Morgan fingerprint density at radius 1 is 1.18 bits per heavy atom. The molecule has 0 aliphatic heterocycles. The highest BCUT2D eigenvalue weighted by molar-refractivity contribution is 7.90. The maximum absolute atomic E-state index is 12.2. The predicted molar refractivity (Wildman–Crippen MR) is 111 cm³/mol. The normalized spacial score (nSPS) is 20.9. The number of aromatic nitrogens is 2. The van der Waals surface area contributed by atoms with Crippen molar-refractivity contribution >= 4 is 27.6 Å². The van der Waals surface area contributed by atoms with E-state index in [9.17, 15) is 8.42 Å². The molecule has 2 aromatic rings. The van der Waals surface area contributed by atoms with Gasteiger partial charge in [0.05, 0.1) is 9.77 Å². The van der Waals surface area contributed by atoms with Gasteiger partial charge in [-0.3, -0.25) is 0 Å². The molecule has 0 bridgehead atoms. The minimum absolute atomic E-state index is 0.231. The quantitative estimate of drug-likeness (QED) is 0.722. The van der Waals surface area contributed by atoms with Crippen LogP contribution in [0.5, 0.6) is 0 Å². The summed E-state index contributed by atoms with van der Waals surface area (Å²) in [4.78, 5) is 4.39. The Bertz CT molecular complexity index is 900. The Labute approximate surface area is 171 Å². The van der Waals surface area contributed by atoms with Crippen molar-refractivity contribution < 1.29 is 12.9 Å². The molecule has 0 amide bonds. The van der Waals surface area contributed by atoms with E-state index in [1.54, 1.807) is 26.8 Å². The smallest absolute Gasteiger partial charge is 0.322 e. The molecule has 3 rings (SSSR count). The van der Waals surface area contributed by atoms with Gasteiger partial charge in [0.1, 0.15) is 0 Å². The van der Waals surface area contributed by atoms with Gasteiger partial charge in [-0.25, -0.2) is 13.1 Å². The van der Waals surface area contributed by atoms with Crippen LogP contribution in [0.4, 0.5) is 6.01 Å². The minimum atomic E-state index is -3.30. The van der Waals surface area contributed by atoms with Gasteiger partial charge in [0.2, 0.25) is 15.8 Å². The zero-order valence-electron chi connectivity index (χ0n) is 16.4. The van der Waals surface area contributed by atoms with Gasteiger partial charge in [0, 0.05) is 18.2 Å². The van der Waals surface area contributed by atoms with Crippen molar-refractivity contribution in [3.05, 3.63) is 29.3 Å². The lowest BCUT2D eigenvalue weighted by atomic mass is 9.86. The second-order valence-electron chi connectivity index (χ2n) is 8.23. The van der Waals surface area contributed by atoms with Crippen molar-refractivity contribution in [2.45, 2.75) is 57.2 Å². The van der Waals surface area contributed by atoms with Crippen LogP contribution in [-0.2, 0) is 10.0 Å². The maximum Gasteiger partial charge on any atom is 0.322 e. The van der Waals surface area contributed by atoms with Crippen molar-refractivity contribution in [2.24, 2.45) is 5.92 Å². The summed E-state index contributed by atoms with van der Waals surface area (Å²) in [6.07, 6.45) is 3.73. The molecule has 7 nitrogen and oxygen atoms in total. The molecule has 1 aliphatic rings. The van der Waals surface area contributed by atoms with Crippen LogP contribution in [0.2, 0.25) is 5.02 Å². The lowest BCUT2D eigenvalue weighted by Crippen LogP contribution is -2.42. The first-order valence-corrected chi connectivity index (χ1v) is 11.4. The Morgan fingerprint density at radius 3 is 2.50 bits per heavy atom. The van der Waals surface area contributed by atoms with Crippen LogP contribution in [0.25, 0.3) is 11.4 Å². The monoisotopic (exact) mass is 426 g/mol. The molecule has 0 spiro atoms. The second kappa shape index (κ2) is 8.39. The highest BCUT2D eigenvalue weighted by atomic mass is 35.5. The molecule has 0 radical (unpaired) electrons. The van der Waals surface area contributed by atoms with Gasteiger partial charge in [-0.2, -0.15) is 4.98 Å². The van der Waals surface area contributed by atoms with E-state index in [0.29, 0.717) is 29.3 Å². The highest BCUT2D eigenvalue weighted by Crippen LogP contribution is 2.29. The lowest BCUT2D eigenvalue weighted by Gasteiger charge is -2.29. The van der Waals surface area contributed by atoms with E-state index in [2.05, 4.69) is 20.2 Å². The third-order valence-corrected chi connectivity index (χ3v) is 7.57. The van der Waals surface area contributed by atoms with Gasteiger partial charge in [-0.05, 0) is 64.5 Å². The van der Waals surface area contributed by atoms with Gasteiger partial charge in [-0.15, -0.1) is 0 Å². The lowest BCUT2D eigenvalue weighted by molar-refractivity contribution is 0.329. The van der Waals surface area contributed by atoms with E-state index in [0.717, 1.165) is 31.2 Å². The summed E-state index contributed by atoms with van der Waals surface area (Å²) in [5, 5.41) is 7.86. The molecule has 1 aromatic heterocycles. The summed E-state index contributed by atoms with van der Waals surface area (Å²) in [5.41, 5.74) is 0.732. The number of nitrogens with one attached hydrogen (secondary N) is 2. The molecule has 1 aromatic carbocycles. The average Bonchev–Trinajstić information content (AvgIpc) is 3.09. The van der Waals surface area contributed by atoms with Crippen molar-refractivity contribution in [3.8, 4) is 11.4 Å². The fraction of sp³-hybridized carbons (Fsp3) is 0.579. The van der Waals surface area contributed by atoms with E-state index in [4.69, 9.17) is 16.1 Å². The molecule has 9 heteroatoms. The number of nitrogens with zero attached hydrogens (tertiary/aromatic N) is 2. The summed E-state index contributed by atoms with van der Waals surface area (Å²) in [5.74, 6) is 0.801. The Morgan fingerprint density at radius 2 is 1.86 bits per heavy atom. The molecule has 154 valence electrons.